The topological polar surface area (TPSA) is 60.4 Å². The molecule has 0 saturated heterocycles. The molecule has 0 radical (unpaired) electrons. The summed E-state index contributed by atoms with van der Waals surface area (Å²) in [6.07, 6.45) is 4.51. The van der Waals surface area contributed by atoms with Gasteiger partial charge in [0, 0.05) is 15.2 Å². The van der Waals surface area contributed by atoms with Gasteiger partial charge in [-0.3, -0.25) is 0 Å². The number of carbonyl (C=O) groups excluding carboxylic acids is 1. The molecule has 1 aromatic rings. The van der Waals surface area contributed by atoms with Gasteiger partial charge in [-0.2, -0.15) is 0 Å². The Morgan fingerprint density at radius 3 is 2.60 bits per heavy atom. The molecule has 1 aromatic carbocycles. The van der Waals surface area contributed by atoms with E-state index >= 15 is 0 Å². The maximum atomic E-state index is 11.9. The second-order valence-electron chi connectivity index (χ2n) is 4.83. The van der Waals surface area contributed by atoms with E-state index < -0.39 is 15.0 Å². The minimum Gasteiger partial charge on any atom is -0.462 e. The summed E-state index contributed by atoms with van der Waals surface area (Å²) in [6.45, 7) is 0.387. The van der Waals surface area contributed by atoms with Crippen molar-refractivity contribution in [2.45, 2.75) is 30.6 Å². The van der Waals surface area contributed by atoms with Gasteiger partial charge in [0.1, 0.15) is 0 Å². The van der Waals surface area contributed by atoms with Gasteiger partial charge in [-0.05, 0) is 52.9 Å². The van der Waals surface area contributed by atoms with Crippen molar-refractivity contribution in [2.24, 2.45) is 5.92 Å². The third kappa shape index (κ3) is 3.96. The van der Waals surface area contributed by atoms with Crippen molar-refractivity contribution < 1.29 is 17.9 Å². The monoisotopic (exact) mass is 380 g/mol. The zero-order valence-electron chi connectivity index (χ0n) is 10.6. The molecule has 0 unspecified atom stereocenters. The lowest BCUT2D eigenvalue weighted by Gasteiger charge is -2.10. The zero-order chi connectivity index (χ0) is 14.8. The largest absolute Gasteiger partial charge is 0.462 e. The molecule has 1 aliphatic carbocycles. The number of hydrogen-bond acceptors (Lipinski definition) is 4. The molecular weight excluding hydrogens is 368 g/mol. The number of ether oxygens (including phenoxy) is 1. The molecule has 20 heavy (non-hydrogen) atoms. The van der Waals surface area contributed by atoms with Crippen LogP contribution >= 0.6 is 26.6 Å². The molecule has 110 valence electrons. The van der Waals surface area contributed by atoms with Gasteiger partial charge >= 0.3 is 5.97 Å². The number of esters is 1. The number of carbonyl (C=O) groups is 1. The molecule has 0 heterocycles. The number of rotatable bonds is 4. The van der Waals surface area contributed by atoms with Crippen molar-refractivity contribution in [1.29, 1.82) is 0 Å². The van der Waals surface area contributed by atoms with Gasteiger partial charge in [-0.25, -0.2) is 13.2 Å². The SMILES string of the molecule is O=C(OCC1CCCC1)c1ccc(Br)c(S(=O)(=O)Cl)c1. The summed E-state index contributed by atoms with van der Waals surface area (Å²) in [5.74, 6) is -0.100. The fraction of sp³-hybridized carbons (Fsp3) is 0.462. The Kier molecular flexibility index (Phi) is 5.09. The van der Waals surface area contributed by atoms with Gasteiger partial charge in [0.15, 0.2) is 0 Å². The molecule has 0 bridgehead atoms. The van der Waals surface area contributed by atoms with E-state index in [0.29, 0.717) is 17.0 Å². The average molecular weight is 382 g/mol. The minimum atomic E-state index is -3.90. The highest BCUT2D eigenvalue weighted by Gasteiger charge is 2.20. The smallest absolute Gasteiger partial charge is 0.338 e. The summed E-state index contributed by atoms with van der Waals surface area (Å²) in [5.41, 5.74) is 0.186. The Labute approximate surface area is 131 Å². The number of benzene rings is 1. The predicted octanol–water partition coefficient (Wildman–Crippen LogP) is 3.72. The third-order valence-electron chi connectivity index (χ3n) is 3.35. The van der Waals surface area contributed by atoms with Crippen LogP contribution < -0.4 is 0 Å². The fourth-order valence-electron chi connectivity index (χ4n) is 2.27. The molecule has 0 aliphatic heterocycles. The lowest BCUT2D eigenvalue weighted by molar-refractivity contribution is 0.0442. The summed E-state index contributed by atoms with van der Waals surface area (Å²) in [5, 5.41) is 0. The van der Waals surface area contributed by atoms with Gasteiger partial charge in [0.25, 0.3) is 9.05 Å². The Hall–Kier alpha value is -0.590. The molecule has 1 fully saturated rings. The summed E-state index contributed by atoms with van der Waals surface area (Å²) < 4.78 is 28.3. The van der Waals surface area contributed by atoms with Crippen LogP contribution in [-0.2, 0) is 13.8 Å². The highest BCUT2D eigenvalue weighted by molar-refractivity contribution is 9.10. The van der Waals surface area contributed by atoms with Crippen molar-refractivity contribution in [3.05, 3.63) is 28.2 Å². The van der Waals surface area contributed by atoms with Crippen LogP contribution in [0.15, 0.2) is 27.6 Å². The Bertz CT molecular complexity index is 609. The Morgan fingerprint density at radius 1 is 1.35 bits per heavy atom. The molecule has 0 amide bonds. The number of hydrogen-bond donors (Lipinski definition) is 0. The predicted molar refractivity (Wildman–Crippen MR) is 79.4 cm³/mol. The number of halogens is 2. The fourth-order valence-corrected chi connectivity index (χ4v) is 4.39. The van der Waals surface area contributed by atoms with Crippen molar-refractivity contribution in [3.8, 4) is 0 Å². The van der Waals surface area contributed by atoms with Crippen LogP contribution in [-0.4, -0.2) is 21.0 Å². The zero-order valence-corrected chi connectivity index (χ0v) is 13.8. The van der Waals surface area contributed by atoms with Gasteiger partial charge in [-0.1, -0.05) is 12.8 Å². The first-order valence-corrected chi connectivity index (χ1v) is 9.39. The van der Waals surface area contributed by atoms with E-state index in [1.54, 1.807) is 0 Å². The van der Waals surface area contributed by atoms with E-state index in [2.05, 4.69) is 15.9 Å². The molecule has 0 aromatic heterocycles. The van der Waals surface area contributed by atoms with Crippen LogP contribution in [0.3, 0.4) is 0 Å². The molecule has 2 rings (SSSR count). The van der Waals surface area contributed by atoms with E-state index in [1.807, 2.05) is 0 Å². The highest BCUT2D eigenvalue weighted by Crippen LogP contribution is 2.27. The van der Waals surface area contributed by atoms with Crippen LogP contribution in [0.5, 0.6) is 0 Å². The first-order chi connectivity index (χ1) is 9.38. The van der Waals surface area contributed by atoms with Gasteiger partial charge in [0.2, 0.25) is 0 Å². The first-order valence-electron chi connectivity index (χ1n) is 6.29. The van der Waals surface area contributed by atoms with E-state index in [0.717, 1.165) is 12.8 Å². The lowest BCUT2D eigenvalue weighted by atomic mass is 10.1. The second kappa shape index (κ2) is 6.45. The van der Waals surface area contributed by atoms with Crippen LogP contribution in [0.2, 0.25) is 0 Å². The summed E-state index contributed by atoms with van der Waals surface area (Å²) >= 11 is 3.09. The first kappa shape index (κ1) is 15.8. The van der Waals surface area contributed by atoms with Crippen molar-refractivity contribution in [2.75, 3.05) is 6.61 Å². The molecule has 0 N–H and O–H groups in total. The van der Waals surface area contributed by atoms with Crippen LogP contribution in [0.25, 0.3) is 0 Å². The Morgan fingerprint density at radius 2 is 2.00 bits per heavy atom. The molecule has 0 atom stereocenters. The van der Waals surface area contributed by atoms with Crippen LogP contribution in [0.1, 0.15) is 36.0 Å². The van der Waals surface area contributed by atoms with E-state index in [4.69, 9.17) is 15.4 Å². The normalized spacial score (nSPS) is 16.3. The highest BCUT2D eigenvalue weighted by atomic mass is 79.9. The molecule has 1 saturated carbocycles. The van der Waals surface area contributed by atoms with E-state index in [9.17, 15) is 13.2 Å². The molecule has 4 nitrogen and oxygen atoms in total. The van der Waals surface area contributed by atoms with Gasteiger partial charge in [-0.15, -0.1) is 0 Å². The van der Waals surface area contributed by atoms with Gasteiger partial charge < -0.3 is 4.74 Å². The van der Waals surface area contributed by atoms with Gasteiger partial charge in [0.05, 0.1) is 17.1 Å². The second-order valence-corrected chi connectivity index (χ2v) is 8.22. The third-order valence-corrected chi connectivity index (χ3v) is 5.67. The molecule has 1 aliphatic rings. The molecule has 0 spiro atoms. The van der Waals surface area contributed by atoms with Crippen molar-refractivity contribution in [1.82, 2.24) is 0 Å². The molecular formula is C13H14BrClO4S. The van der Waals surface area contributed by atoms with Crippen LogP contribution in [0.4, 0.5) is 0 Å². The minimum absolute atomic E-state index is 0.130. The lowest BCUT2D eigenvalue weighted by Crippen LogP contribution is -2.12. The maximum absolute atomic E-state index is 11.9. The quantitative estimate of drug-likeness (QED) is 0.589. The van der Waals surface area contributed by atoms with Crippen LogP contribution in [0, 0.1) is 5.92 Å². The standard InChI is InChI=1S/C13H14BrClO4S/c14-11-6-5-10(7-12(11)20(15,17)18)13(16)19-8-9-3-1-2-4-9/h5-7,9H,1-4,8H2. The summed E-state index contributed by atoms with van der Waals surface area (Å²) in [4.78, 5) is 11.8. The summed E-state index contributed by atoms with van der Waals surface area (Å²) in [7, 11) is 1.41. The van der Waals surface area contributed by atoms with Crippen molar-refractivity contribution in [3.63, 3.8) is 0 Å². The Balaban J connectivity index is 2.10. The summed E-state index contributed by atoms with van der Waals surface area (Å²) in [6, 6.07) is 4.21. The average Bonchev–Trinajstić information content (AvgIpc) is 2.88. The van der Waals surface area contributed by atoms with E-state index in [-0.39, 0.29) is 10.5 Å². The van der Waals surface area contributed by atoms with E-state index in [1.165, 1.54) is 31.0 Å². The molecule has 7 heteroatoms. The maximum Gasteiger partial charge on any atom is 0.338 e. The van der Waals surface area contributed by atoms with Crippen molar-refractivity contribution >= 4 is 41.6 Å².